The minimum atomic E-state index is -1.03. The van der Waals surface area contributed by atoms with Crippen molar-refractivity contribution in [2.75, 3.05) is 19.7 Å². The van der Waals surface area contributed by atoms with Crippen molar-refractivity contribution in [2.24, 2.45) is 11.8 Å². The van der Waals surface area contributed by atoms with Gasteiger partial charge in [0, 0.05) is 25.4 Å². The summed E-state index contributed by atoms with van der Waals surface area (Å²) < 4.78 is 5.59. The molecule has 34 heavy (non-hydrogen) atoms. The third-order valence-corrected chi connectivity index (χ3v) is 6.72. The van der Waals surface area contributed by atoms with Crippen molar-refractivity contribution in [1.29, 1.82) is 0 Å². The van der Waals surface area contributed by atoms with E-state index in [0.717, 1.165) is 11.1 Å². The van der Waals surface area contributed by atoms with Crippen molar-refractivity contribution in [2.45, 2.75) is 46.1 Å². The minimum Gasteiger partial charge on any atom is -0.480 e. The molecular formula is C27H34N2O5. The molecule has 2 atom stereocenters. The average molecular weight is 467 g/mol. The van der Waals surface area contributed by atoms with Gasteiger partial charge in [-0.2, -0.15) is 0 Å². The Bertz CT molecular complexity index is 990. The van der Waals surface area contributed by atoms with E-state index in [1.165, 1.54) is 23.0 Å². The Morgan fingerprint density at radius 3 is 2.06 bits per heavy atom. The molecule has 7 nitrogen and oxygen atoms in total. The second kappa shape index (κ2) is 11.2. The summed E-state index contributed by atoms with van der Waals surface area (Å²) in [7, 11) is 0. The number of rotatable bonds is 10. The van der Waals surface area contributed by atoms with Crippen LogP contribution in [-0.2, 0) is 14.3 Å². The van der Waals surface area contributed by atoms with Crippen molar-refractivity contribution in [3.8, 4) is 11.1 Å². The fourth-order valence-electron chi connectivity index (χ4n) is 4.55. The zero-order valence-electron chi connectivity index (χ0n) is 20.3. The van der Waals surface area contributed by atoms with Gasteiger partial charge in [0.1, 0.15) is 12.6 Å². The van der Waals surface area contributed by atoms with Gasteiger partial charge in [-0.15, -0.1) is 0 Å². The van der Waals surface area contributed by atoms with Crippen molar-refractivity contribution in [3.63, 3.8) is 0 Å². The highest BCUT2D eigenvalue weighted by Crippen LogP contribution is 2.44. The zero-order chi connectivity index (χ0) is 24.8. The molecule has 0 radical (unpaired) electrons. The number of hydrogen-bond acceptors (Lipinski definition) is 4. The Hall–Kier alpha value is -3.35. The number of ether oxygens (including phenoxy) is 1. The summed E-state index contributed by atoms with van der Waals surface area (Å²) in [5.41, 5.74) is 4.63. The molecule has 0 aromatic heterocycles. The first kappa shape index (κ1) is 25.3. The lowest BCUT2D eigenvalue weighted by molar-refractivity contribution is -0.149. The van der Waals surface area contributed by atoms with Crippen molar-refractivity contribution in [3.05, 3.63) is 59.7 Å². The Kier molecular flexibility index (Phi) is 8.31. The van der Waals surface area contributed by atoms with Crippen molar-refractivity contribution >= 4 is 18.0 Å². The van der Waals surface area contributed by atoms with Gasteiger partial charge in [-0.25, -0.2) is 9.59 Å². The van der Waals surface area contributed by atoms with Crippen molar-refractivity contribution < 1.29 is 24.2 Å². The van der Waals surface area contributed by atoms with E-state index >= 15 is 0 Å². The van der Waals surface area contributed by atoms with Crippen LogP contribution < -0.4 is 5.32 Å². The highest BCUT2D eigenvalue weighted by molar-refractivity contribution is 5.83. The number of nitrogens with zero attached hydrogens (tertiary/aromatic N) is 1. The van der Waals surface area contributed by atoms with Gasteiger partial charge in [-0.1, -0.05) is 62.4 Å². The first-order valence-corrected chi connectivity index (χ1v) is 11.9. The summed E-state index contributed by atoms with van der Waals surface area (Å²) in [6.07, 6.45) is -0.363. The molecule has 1 aliphatic rings. The van der Waals surface area contributed by atoms with Gasteiger partial charge >= 0.3 is 12.1 Å². The Labute approximate surface area is 201 Å². The average Bonchev–Trinajstić information content (AvgIpc) is 3.14. The molecule has 0 bridgehead atoms. The molecule has 0 aliphatic heterocycles. The first-order chi connectivity index (χ1) is 16.2. The summed E-state index contributed by atoms with van der Waals surface area (Å²) in [4.78, 5) is 37.9. The maximum Gasteiger partial charge on any atom is 0.407 e. The number of alkyl carbamates (subject to hydrolysis) is 1. The summed E-state index contributed by atoms with van der Waals surface area (Å²) in [6.45, 7) is 8.04. The molecule has 0 saturated carbocycles. The minimum absolute atomic E-state index is 0.0174. The molecule has 7 heteroatoms. The number of carbonyl (C=O) groups is 3. The highest BCUT2D eigenvalue weighted by Gasteiger charge is 2.30. The number of carbonyl (C=O) groups excluding carboxylic acids is 2. The molecule has 2 aromatic rings. The van der Waals surface area contributed by atoms with Crippen LogP contribution >= 0.6 is 0 Å². The Morgan fingerprint density at radius 1 is 1.00 bits per heavy atom. The van der Waals surface area contributed by atoms with E-state index in [2.05, 4.69) is 29.6 Å². The van der Waals surface area contributed by atoms with Crippen LogP contribution in [0.25, 0.3) is 11.1 Å². The number of carboxylic acids is 1. The molecule has 3 rings (SSSR count). The lowest BCUT2D eigenvalue weighted by atomic mass is 9.91. The number of nitrogens with one attached hydrogen (secondary N) is 1. The van der Waals surface area contributed by atoms with Crippen LogP contribution in [-0.4, -0.2) is 53.7 Å². The molecule has 0 spiro atoms. The molecule has 0 saturated heterocycles. The van der Waals surface area contributed by atoms with Crippen LogP contribution in [0.4, 0.5) is 4.79 Å². The van der Waals surface area contributed by atoms with Gasteiger partial charge in [0.2, 0.25) is 5.91 Å². The van der Waals surface area contributed by atoms with Gasteiger partial charge < -0.3 is 20.1 Å². The SMILES string of the molecule is CCN(C(=O)CC(CNC(=O)OCC1c2ccccc2-c2ccccc21)C(C)C)C(C)C(=O)O. The van der Waals surface area contributed by atoms with Crippen LogP contribution in [0.3, 0.4) is 0 Å². The number of aliphatic carboxylic acids is 1. The molecule has 0 fully saturated rings. The number of carboxylic acid groups (broad SMARTS) is 1. The maximum absolute atomic E-state index is 12.7. The number of likely N-dealkylation sites (N-methyl/N-ethyl adjacent to an activating group) is 1. The third-order valence-electron chi connectivity index (χ3n) is 6.72. The van der Waals surface area contributed by atoms with Crippen LogP contribution in [0.15, 0.2) is 48.5 Å². The summed E-state index contributed by atoms with van der Waals surface area (Å²) in [5, 5.41) is 12.1. The summed E-state index contributed by atoms with van der Waals surface area (Å²) >= 11 is 0. The van der Waals surface area contributed by atoms with Gasteiger partial charge in [-0.3, -0.25) is 4.79 Å². The van der Waals surface area contributed by atoms with E-state index in [1.807, 2.05) is 38.1 Å². The number of amides is 2. The van der Waals surface area contributed by atoms with Gasteiger partial charge in [0.15, 0.2) is 0 Å². The van der Waals surface area contributed by atoms with Gasteiger partial charge in [0.25, 0.3) is 0 Å². The molecule has 2 aromatic carbocycles. The molecule has 0 heterocycles. The number of fused-ring (bicyclic) bond motifs is 3. The maximum atomic E-state index is 12.7. The van der Waals surface area contributed by atoms with E-state index in [-0.39, 0.29) is 43.2 Å². The molecule has 2 N–H and O–H groups in total. The standard InChI is InChI=1S/C27H34N2O5/c1-5-29(18(4)26(31)32)25(30)14-19(17(2)3)15-28-27(33)34-16-24-22-12-8-6-10-20(22)21-11-7-9-13-23(21)24/h6-13,17-19,24H,5,14-16H2,1-4H3,(H,28,33)(H,31,32). The molecular weight excluding hydrogens is 432 g/mol. The zero-order valence-corrected chi connectivity index (χ0v) is 20.3. The topological polar surface area (TPSA) is 95.9 Å². The van der Waals surface area contributed by atoms with Gasteiger partial charge in [-0.05, 0) is 47.9 Å². The Morgan fingerprint density at radius 2 is 1.56 bits per heavy atom. The Balaban J connectivity index is 1.57. The van der Waals surface area contributed by atoms with Crippen LogP contribution in [0.1, 0.15) is 51.2 Å². The van der Waals surface area contributed by atoms with Crippen LogP contribution in [0.5, 0.6) is 0 Å². The van der Waals surface area contributed by atoms with Gasteiger partial charge in [0.05, 0.1) is 0 Å². The first-order valence-electron chi connectivity index (χ1n) is 11.9. The predicted octanol–water partition coefficient (Wildman–Crippen LogP) is 4.51. The van der Waals surface area contributed by atoms with E-state index in [0.29, 0.717) is 6.54 Å². The number of benzene rings is 2. The van der Waals surface area contributed by atoms with E-state index in [4.69, 9.17) is 4.74 Å². The molecule has 182 valence electrons. The monoisotopic (exact) mass is 466 g/mol. The van der Waals surface area contributed by atoms with E-state index < -0.39 is 18.1 Å². The molecule has 2 amide bonds. The largest absolute Gasteiger partial charge is 0.480 e. The summed E-state index contributed by atoms with van der Waals surface area (Å²) in [5.74, 6) is -1.30. The molecule has 1 aliphatic carbocycles. The second-order valence-electron chi connectivity index (χ2n) is 9.11. The quantitative estimate of drug-likeness (QED) is 0.537. The smallest absolute Gasteiger partial charge is 0.407 e. The van der Waals surface area contributed by atoms with Crippen LogP contribution in [0.2, 0.25) is 0 Å². The third kappa shape index (κ3) is 5.58. The highest BCUT2D eigenvalue weighted by atomic mass is 16.5. The number of hydrogen-bond donors (Lipinski definition) is 2. The second-order valence-corrected chi connectivity index (χ2v) is 9.11. The molecule has 2 unspecified atom stereocenters. The normalized spacial score (nSPS) is 14.1. The van der Waals surface area contributed by atoms with Crippen molar-refractivity contribution in [1.82, 2.24) is 10.2 Å². The predicted molar refractivity (Wildman–Crippen MR) is 131 cm³/mol. The fourth-order valence-corrected chi connectivity index (χ4v) is 4.55. The summed E-state index contributed by atoms with van der Waals surface area (Å²) in [6, 6.07) is 15.4. The van der Waals surface area contributed by atoms with E-state index in [9.17, 15) is 19.5 Å². The van der Waals surface area contributed by atoms with E-state index in [1.54, 1.807) is 6.92 Å². The lowest BCUT2D eigenvalue weighted by Gasteiger charge is -2.28. The van der Waals surface area contributed by atoms with Crippen LogP contribution in [0, 0.1) is 11.8 Å². The fraction of sp³-hybridized carbons (Fsp3) is 0.444. The lowest BCUT2D eigenvalue weighted by Crippen LogP contribution is -2.45.